The van der Waals surface area contributed by atoms with Gasteiger partial charge in [-0.1, -0.05) is 13.3 Å². The summed E-state index contributed by atoms with van der Waals surface area (Å²) in [6, 6.07) is 2.20. The van der Waals surface area contributed by atoms with Crippen molar-refractivity contribution in [1.29, 1.82) is 0 Å². The normalized spacial score (nSPS) is 32.4. The van der Waals surface area contributed by atoms with Crippen LogP contribution in [-0.4, -0.2) is 5.78 Å². The zero-order chi connectivity index (χ0) is 11.8. The third kappa shape index (κ3) is 1.97. The lowest BCUT2D eigenvalue weighted by Gasteiger charge is -2.25. The fraction of sp³-hybridized carbons (Fsp3) is 0.667. The van der Waals surface area contributed by atoms with E-state index in [4.69, 9.17) is 0 Å². The highest BCUT2D eigenvalue weighted by atomic mass is 32.1. The quantitative estimate of drug-likeness (QED) is 0.767. The Morgan fingerprint density at radius 3 is 2.94 bits per heavy atom. The van der Waals surface area contributed by atoms with Crippen LogP contribution in [-0.2, 0) is 11.2 Å². The highest BCUT2D eigenvalue weighted by Gasteiger charge is 2.36. The minimum Gasteiger partial charge on any atom is -0.299 e. The van der Waals surface area contributed by atoms with Crippen LogP contribution in [0.1, 0.15) is 55.4 Å². The van der Waals surface area contributed by atoms with Crippen molar-refractivity contribution < 1.29 is 4.79 Å². The fourth-order valence-corrected chi connectivity index (χ4v) is 4.60. The average Bonchev–Trinajstić information content (AvgIpc) is 2.95. The molecule has 0 bridgehead atoms. The van der Waals surface area contributed by atoms with Gasteiger partial charge >= 0.3 is 0 Å². The number of rotatable bonds is 2. The Bertz CT molecular complexity index is 420. The minimum atomic E-state index is 0.232. The molecule has 2 aliphatic carbocycles. The lowest BCUT2D eigenvalue weighted by molar-refractivity contribution is -0.125. The van der Waals surface area contributed by atoms with Gasteiger partial charge in [-0.2, -0.15) is 0 Å². The maximum Gasteiger partial charge on any atom is 0.143 e. The Labute approximate surface area is 107 Å². The van der Waals surface area contributed by atoms with Gasteiger partial charge in [0.15, 0.2) is 0 Å². The van der Waals surface area contributed by atoms with Crippen LogP contribution in [0.2, 0.25) is 0 Å². The van der Waals surface area contributed by atoms with Crippen LogP contribution in [0.3, 0.4) is 0 Å². The molecule has 0 saturated heterocycles. The van der Waals surface area contributed by atoms with Gasteiger partial charge in [0.05, 0.1) is 0 Å². The van der Waals surface area contributed by atoms with Crippen LogP contribution >= 0.6 is 11.3 Å². The molecule has 3 rings (SSSR count). The molecule has 1 fully saturated rings. The molecule has 1 nitrogen and oxygen atoms in total. The van der Waals surface area contributed by atoms with Gasteiger partial charge in [0.1, 0.15) is 5.78 Å². The molecule has 2 aliphatic rings. The maximum atomic E-state index is 12.7. The number of carbonyl (C=O) groups is 1. The van der Waals surface area contributed by atoms with Crippen LogP contribution in [0.25, 0.3) is 0 Å². The predicted octanol–water partition coefficient (Wildman–Crippen LogP) is 4.17. The van der Waals surface area contributed by atoms with Gasteiger partial charge in [0.25, 0.3) is 0 Å². The van der Waals surface area contributed by atoms with E-state index in [1.807, 2.05) is 11.3 Å². The van der Waals surface area contributed by atoms with E-state index in [0.29, 0.717) is 17.6 Å². The molecule has 0 radical (unpaired) electrons. The summed E-state index contributed by atoms with van der Waals surface area (Å²) in [5.74, 6) is 1.75. The molecular weight excluding hydrogens is 228 g/mol. The summed E-state index contributed by atoms with van der Waals surface area (Å²) in [7, 11) is 0. The molecule has 3 unspecified atom stereocenters. The summed E-state index contributed by atoms with van der Waals surface area (Å²) in [6.07, 6.45) is 7.12. The first-order valence-corrected chi connectivity index (χ1v) is 7.75. The van der Waals surface area contributed by atoms with Crippen LogP contribution < -0.4 is 0 Å². The number of hydrogen-bond donors (Lipinski definition) is 0. The van der Waals surface area contributed by atoms with Crippen molar-refractivity contribution in [1.82, 2.24) is 0 Å². The molecule has 0 aliphatic heterocycles. The van der Waals surface area contributed by atoms with Crippen LogP contribution in [0, 0.1) is 11.8 Å². The third-order valence-corrected chi connectivity index (χ3v) is 5.62. The molecule has 0 aromatic carbocycles. The van der Waals surface area contributed by atoms with E-state index < -0.39 is 0 Å². The van der Waals surface area contributed by atoms with Crippen molar-refractivity contribution in [2.75, 3.05) is 0 Å². The van der Waals surface area contributed by atoms with Crippen molar-refractivity contribution in [3.05, 3.63) is 21.9 Å². The fourth-order valence-electron chi connectivity index (χ4n) is 3.61. The summed E-state index contributed by atoms with van der Waals surface area (Å²) in [5, 5.41) is 2.16. The maximum absolute atomic E-state index is 12.7. The monoisotopic (exact) mass is 248 g/mol. The molecular formula is C15H20OS. The number of ketones is 1. The molecule has 0 spiro atoms. The van der Waals surface area contributed by atoms with E-state index in [1.165, 1.54) is 36.1 Å². The van der Waals surface area contributed by atoms with Crippen molar-refractivity contribution in [3.8, 4) is 0 Å². The second-order valence-corrected chi connectivity index (χ2v) is 6.66. The number of Topliss-reactive ketones (excluding diaryl/α,β-unsaturated/α-hetero) is 1. The van der Waals surface area contributed by atoms with Gasteiger partial charge in [-0.25, -0.2) is 0 Å². The molecule has 0 N–H and O–H groups in total. The number of fused-ring (bicyclic) bond motifs is 1. The third-order valence-electron chi connectivity index (χ3n) is 4.62. The number of aryl methyl sites for hydroxylation is 1. The van der Waals surface area contributed by atoms with Crippen molar-refractivity contribution in [2.45, 2.75) is 51.4 Å². The van der Waals surface area contributed by atoms with Gasteiger partial charge in [-0.05, 0) is 55.0 Å². The highest BCUT2D eigenvalue weighted by molar-refractivity contribution is 7.10. The van der Waals surface area contributed by atoms with Crippen LogP contribution in [0.15, 0.2) is 11.4 Å². The van der Waals surface area contributed by atoms with Crippen molar-refractivity contribution in [3.63, 3.8) is 0 Å². The Morgan fingerprint density at radius 1 is 1.29 bits per heavy atom. The molecule has 0 amide bonds. The largest absolute Gasteiger partial charge is 0.299 e. The zero-order valence-corrected chi connectivity index (χ0v) is 11.3. The molecule has 17 heavy (non-hydrogen) atoms. The molecule has 1 heterocycles. The summed E-state index contributed by atoms with van der Waals surface area (Å²) >= 11 is 1.84. The van der Waals surface area contributed by atoms with Crippen LogP contribution in [0.5, 0.6) is 0 Å². The summed E-state index contributed by atoms with van der Waals surface area (Å²) in [6.45, 7) is 2.26. The average molecular weight is 248 g/mol. The van der Waals surface area contributed by atoms with E-state index in [0.717, 1.165) is 12.8 Å². The van der Waals surface area contributed by atoms with E-state index in [1.54, 1.807) is 0 Å². The van der Waals surface area contributed by atoms with Gasteiger partial charge < -0.3 is 0 Å². The van der Waals surface area contributed by atoms with E-state index in [9.17, 15) is 4.79 Å². The summed E-state index contributed by atoms with van der Waals surface area (Å²) < 4.78 is 0. The molecule has 2 heteroatoms. The second kappa shape index (κ2) is 4.56. The van der Waals surface area contributed by atoms with Gasteiger partial charge in [-0.15, -0.1) is 11.3 Å². The first-order valence-electron chi connectivity index (χ1n) is 6.87. The first kappa shape index (κ1) is 11.5. The molecule has 92 valence electrons. The molecule has 1 aromatic heterocycles. The Balaban J connectivity index is 1.84. The smallest absolute Gasteiger partial charge is 0.143 e. The standard InChI is InChI=1S/C15H20OS/c1-10-4-2-5-11(10)15(16)13-6-3-7-14-12(13)8-9-17-14/h8-11,13H,2-7H2,1H3. The Hall–Kier alpha value is -0.630. The number of hydrogen-bond acceptors (Lipinski definition) is 2. The first-order chi connectivity index (χ1) is 8.27. The van der Waals surface area contributed by atoms with Gasteiger partial charge in [0.2, 0.25) is 0 Å². The zero-order valence-electron chi connectivity index (χ0n) is 10.4. The second-order valence-electron chi connectivity index (χ2n) is 5.66. The molecule has 1 saturated carbocycles. The lowest BCUT2D eigenvalue weighted by Crippen LogP contribution is -2.26. The topological polar surface area (TPSA) is 17.1 Å². The van der Waals surface area contributed by atoms with Gasteiger partial charge in [-0.3, -0.25) is 4.79 Å². The van der Waals surface area contributed by atoms with E-state index in [2.05, 4.69) is 18.4 Å². The Morgan fingerprint density at radius 2 is 2.18 bits per heavy atom. The Kier molecular flexibility index (Phi) is 3.08. The van der Waals surface area contributed by atoms with Gasteiger partial charge in [0, 0.05) is 16.7 Å². The van der Waals surface area contributed by atoms with Crippen molar-refractivity contribution >= 4 is 17.1 Å². The van der Waals surface area contributed by atoms with Crippen molar-refractivity contribution in [2.24, 2.45) is 11.8 Å². The predicted molar refractivity (Wildman–Crippen MR) is 71.5 cm³/mol. The minimum absolute atomic E-state index is 0.232. The molecule has 1 aromatic rings. The number of thiophene rings is 1. The SMILES string of the molecule is CC1CCCC1C(=O)C1CCCc2sccc21. The summed E-state index contributed by atoms with van der Waals surface area (Å²) in [4.78, 5) is 14.1. The van der Waals surface area contributed by atoms with E-state index in [-0.39, 0.29) is 5.92 Å². The highest BCUT2D eigenvalue weighted by Crippen LogP contribution is 2.41. The lowest BCUT2D eigenvalue weighted by atomic mass is 9.78. The molecule has 3 atom stereocenters. The van der Waals surface area contributed by atoms with Crippen LogP contribution in [0.4, 0.5) is 0 Å². The number of carbonyl (C=O) groups excluding carboxylic acids is 1. The summed E-state index contributed by atoms with van der Waals surface area (Å²) in [5.41, 5.74) is 1.37. The van der Waals surface area contributed by atoms with E-state index >= 15 is 0 Å².